The fourth-order valence-electron chi connectivity index (χ4n) is 2.19. The minimum absolute atomic E-state index is 0.0343. The van der Waals surface area contributed by atoms with E-state index in [2.05, 4.69) is 4.98 Å². The van der Waals surface area contributed by atoms with Crippen molar-refractivity contribution in [2.45, 2.75) is 6.92 Å². The Morgan fingerprint density at radius 2 is 2.05 bits per heavy atom. The molecule has 0 fully saturated rings. The lowest BCUT2D eigenvalue weighted by Gasteiger charge is -2.11. The third kappa shape index (κ3) is 1.36. The predicted molar refractivity (Wildman–Crippen MR) is 61.5 cm³/mol. The summed E-state index contributed by atoms with van der Waals surface area (Å²) >= 11 is 0. The van der Waals surface area contributed by atoms with Gasteiger partial charge in [0.25, 0.3) is 0 Å². The predicted octanol–water partition coefficient (Wildman–Crippen LogP) is 1.46. The van der Waals surface area contributed by atoms with Crippen LogP contribution in [0.3, 0.4) is 0 Å². The molecule has 2 aromatic heterocycles. The van der Waals surface area contributed by atoms with Gasteiger partial charge >= 0.3 is 5.97 Å². The highest BCUT2D eigenvalue weighted by Crippen LogP contribution is 2.32. The number of hydrogen-bond donors (Lipinski definition) is 1. The van der Waals surface area contributed by atoms with Crippen LogP contribution < -0.4 is 0 Å². The second-order valence-electron chi connectivity index (χ2n) is 4.10. The van der Waals surface area contributed by atoms with Crippen molar-refractivity contribution >= 4 is 17.5 Å². The quantitative estimate of drug-likeness (QED) is 0.708. The van der Waals surface area contributed by atoms with Crippen molar-refractivity contribution < 1.29 is 23.9 Å². The molecule has 19 heavy (non-hydrogen) atoms. The monoisotopic (exact) mass is 257 g/mol. The van der Waals surface area contributed by atoms with E-state index in [-0.39, 0.29) is 33.9 Å². The Kier molecular flexibility index (Phi) is 2.16. The second-order valence-corrected chi connectivity index (χ2v) is 4.10. The molecule has 6 nitrogen and oxygen atoms in total. The van der Waals surface area contributed by atoms with Crippen LogP contribution in [0.25, 0.3) is 0 Å². The molecule has 0 saturated heterocycles. The van der Waals surface area contributed by atoms with Gasteiger partial charge in [-0.3, -0.25) is 14.6 Å². The molecule has 0 bridgehead atoms. The van der Waals surface area contributed by atoms with Crippen molar-refractivity contribution in [3.05, 3.63) is 52.2 Å². The Hall–Kier alpha value is -2.76. The van der Waals surface area contributed by atoms with Crippen LogP contribution in [0, 0.1) is 6.92 Å². The first kappa shape index (κ1) is 11.3. The van der Waals surface area contributed by atoms with Crippen molar-refractivity contribution in [1.82, 2.24) is 4.98 Å². The molecule has 0 atom stereocenters. The first-order valence-corrected chi connectivity index (χ1v) is 5.43. The normalized spacial score (nSPS) is 13.1. The van der Waals surface area contributed by atoms with E-state index in [9.17, 15) is 14.4 Å². The Labute approximate surface area is 106 Å². The molecule has 0 radical (unpaired) electrons. The molecule has 1 aliphatic carbocycles. The van der Waals surface area contributed by atoms with Gasteiger partial charge < -0.3 is 9.52 Å². The standard InChI is InChI=1S/C13H7NO5/c1-5-7(13(17)18)8-11(16)9-6(3-2-4-14-9)10(15)12(8)19-5/h2-4H,1H3,(H,17,18). The Morgan fingerprint density at radius 3 is 2.74 bits per heavy atom. The summed E-state index contributed by atoms with van der Waals surface area (Å²) in [6.07, 6.45) is 1.38. The van der Waals surface area contributed by atoms with E-state index in [0.717, 1.165) is 0 Å². The number of carbonyl (C=O) groups is 3. The number of carbonyl (C=O) groups excluding carboxylic acids is 2. The minimum Gasteiger partial charge on any atom is -0.478 e. The number of hydrogen-bond acceptors (Lipinski definition) is 5. The summed E-state index contributed by atoms with van der Waals surface area (Å²) in [5.74, 6) is -2.61. The molecule has 94 valence electrons. The highest BCUT2D eigenvalue weighted by molar-refractivity contribution is 6.29. The number of ketones is 2. The average molecular weight is 257 g/mol. The summed E-state index contributed by atoms with van der Waals surface area (Å²) in [7, 11) is 0. The van der Waals surface area contributed by atoms with Crippen LogP contribution in [0.15, 0.2) is 22.7 Å². The first-order valence-electron chi connectivity index (χ1n) is 5.43. The highest BCUT2D eigenvalue weighted by atomic mass is 16.4. The van der Waals surface area contributed by atoms with E-state index in [1.54, 1.807) is 0 Å². The van der Waals surface area contributed by atoms with Crippen LogP contribution in [0.5, 0.6) is 0 Å². The van der Waals surface area contributed by atoms with Crippen molar-refractivity contribution in [2.75, 3.05) is 0 Å². The molecular weight excluding hydrogens is 250 g/mol. The minimum atomic E-state index is -1.30. The Morgan fingerprint density at radius 1 is 1.32 bits per heavy atom. The van der Waals surface area contributed by atoms with E-state index in [4.69, 9.17) is 9.52 Å². The maximum atomic E-state index is 12.3. The maximum Gasteiger partial charge on any atom is 0.340 e. The number of pyridine rings is 1. The third-order valence-corrected chi connectivity index (χ3v) is 3.00. The number of carboxylic acid groups (broad SMARTS) is 1. The van der Waals surface area contributed by atoms with E-state index in [0.29, 0.717) is 0 Å². The second kappa shape index (κ2) is 3.61. The first-order chi connectivity index (χ1) is 9.02. The lowest BCUT2D eigenvalue weighted by molar-refractivity contribution is 0.0691. The molecule has 0 spiro atoms. The van der Waals surface area contributed by atoms with Crippen molar-refractivity contribution in [2.24, 2.45) is 0 Å². The number of fused-ring (bicyclic) bond motifs is 2. The molecule has 0 aromatic carbocycles. The lowest BCUT2D eigenvalue weighted by atomic mass is 9.90. The van der Waals surface area contributed by atoms with Crippen LogP contribution in [-0.2, 0) is 0 Å². The van der Waals surface area contributed by atoms with Crippen molar-refractivity contribution in [1.29, 1.82) is 0 Å². The van der Waals surface area contributed by atoms with Gasteiger partial charge in [-0.2, -0.15) is 0 Å². The zero-order valence-electron chi connectivity index (χ0n) is 9.76. The van der Waals surface area contributed by atoms with Gasteiger partial charge in [-0.15, -0.1) is 0 Å². The van der Waals surface area contributed by atoms with Gasteiger partial charge in [0.05, 0.1) is 11.1 Å². The maximum absolute atomic E-state index is 12.3. The molecule has 1 N–H and O–H groups in total. The third-order valence-electron chi connectivity index (χ3n) is 3.00. The van der Waals surface area contributed by atoms with Crippen LogP contribution in [0.4, 0.5) is 0 Å². The molecule has 2 aromatic rings. The Balaban J connectivity index is 2.37. The summed E-state index contributed by atoms with van der Waals surface area (Å²) in [5.41, 5.74) is -0.389. The number of rotatable bonds is 1. The number of aromatic carboxylic acids is 1. The SMILES string of the molecule is Cc1oc2c(c1C(=O)O)C(=O)c1ncccc1C2=O. The average Bonchev–Trinajstić information content (AvgIpc) is 2.74. The summed E-state index contributed by atoms with van der Waals surface area (Å²) < 4.78 is 5.16. The van der Waals surface area contributed by atoms with Crippen LogP contribution >= 0.6 is 0 Å². The van der Waals surface area contributed by atoms with Crippen LogP contribution in [0.1, 0.15) is 48.3 Å². The molecular formula is C13H7NO5. The molecule has 0 amide bonds. The van der Waals surface area contributed by atoms with Gasteiger partial charge in [0.2, 0.25) is 11.6 Å². The molecule has 2 heterocycles. The van der Waals surface area contributed by atoms with Crippen molar-refractivity contribution in [3.63, 3.8) is 0 Å². The van der Waals surface area contributed by atoms with Gasteiger partial charge in [0, 0.05) is 6.20 Å². The van der Waals surface area contributed by atoms with Gasteiger partial charge in [-0.25, -0.2) is 4.79 Å². The molecule has 6 heteroatoms. The van der Waals surface area contributed by atoms with Gasteiger partial charge in [-0.05, 0) is 19.1 Å². The summed E-state index contributed by atoms with van der Waals surface area (Å²) in [6, 6.07) is 2.99. The van der Waals surface area contributed by atoms with E-state index < -0.39 is 17.5 Å². The Bertz CT molecular complexity index is 756. The number of furan rings is 1. The summed E-state index contributed by atoms with van der Waals surface area (Å²) in [5, 5.41) is 9.12. The number of carboxylic acids is 1. The van der Waals surface area contributed by atoms with Crippen LogP contribution in [-0.4, -0.2) is 27.6 Å². The fourth-order valence-corrected chi connectivity index (χ4v) is 2.19. The van der Waals surface area contributed by atoms with E-state index in [1.807, 2.05) is 0 Å². The molecule has 1 aliphatic rings. The molecule has 3 rings (SSSR count). The topological polar surface area (TPSA) is 97.5 Å². The lowest BCUT2D eigenvalue weighted by Crippen LogP contribution is -2.22. The number of aryl methyl sites for hydroxylation is 1. The summed E-state index contributed by atoms with van der Waals surface area (Å²) in [6.45, 7) is 1.40. The van der Waals surface area contributed by atoms with E-state index in [1.165, 1.54) is 25.3 Å². The number of nitrogens with zero attached hydrogens (tertiary/aromatic N) is 1. The summed E-state index contributed by atoms with van der Waals surface area (Å²) in [4.78, 5) is 39.4. The number of aromatic nitrogens is 1. The molecule has 0 unspecified atom stereocenters. The largest absolute Gasteiger partial charge is 0.478 e. The van der Waals surface area contributed by atoms with Gasteiger partial charge in [0.1, 0.15) is 17.0 Å². The fraction of sp³-hybridized carbons (Fsp3) is 0.0769. The van der Waals surface area contributed by atoms with Crippen LogP contribution in [0.2, 0.25) is 0 Å². The van der Waals surface area contributed by atoms with Gasteiger partial charge in [-0.1, -0.05) is 0 Å². The molecule has 0 aliphatic heterocycles. The van der Waals surface area contributed by atoms with Crippen molar-refractivity contribution in [3.8, 4) is 0 Å². The molecule has 0 saturated carbocycles. The zero-order valence-corrected chi connectivity index (χ0v) is 9.76. The zero-order chi connectivity index (χ0) is 13.7. The van der Waals surface area contributed by atoms with Gasteiger partial charge in [0.15, 0.2) is 5.76 Å². The highest BCUT2D eigenvalue weighted by Gasteiger charge is 2.39. The van der Waals surface area contributed by atoms with E-state index >= 15 is 0 Å². The smallest absolute Gasteiger partial charge is 0.340 e.